The molecule has 2 saturated heterocycles. The van der Waals surface area contributed by atoms with Crippen LogP contribution in [0.1, 0.15) is 54.3 Å². The van der Waals surface area contributed by atoms with Gasteiger partial charge < -0.3 is 9.73 Å². The third kappa shape index (κ3) is 5.26. The normalized spacial score (nSPS) is 19.5. The highest BCUT2D eigenvalue weighted by atomic mass is 32.2. The summed E-state index contributed by atoms with van der Waals surface area (Å²) in [7, 11) is -3.53. The summed E-state index contributed by atoms with van der Waals surface area (Å²) < 4.78 is 32.8. The summed E-state index contributed by atoms with van der Waals surface area (Å²) in [5, 5.41) is 3.27. The second-order valence-corrected chi connectivity index (χ2v) is 10.3. The van der Waals surface area contributed by atoms with Gasteiger partial charge in [-0.15, -0.1) is 0 Å². The highest BCUT2D eigenvalue weighted by Crippen LogP contribution is 2.25. The molecular weight excluding hydrogens is 414 g/mol. The van der Waals surface area contributed by atoms with Crippen LogP contribution in [0, 0.1) is 0 Å². The van der Waals surface area contributed by atoms with Crippen LogP contribution in [0.5, 0.6) is 0 Å². The van der Waals surface area contributed by atoms with Gasteiger partial charge in [0.1, 0.15) is 5.76 Å². The summed E-state index contributed by atoms with van der Waals surface area (Å²) in [5.41, 5.74) is 0.417. The lowest BCUT2D eigenvalue weighted by Gasteiger charge is -2.33. The first-order chi connectivity index (χ1) is 15.1. The largest absolute Gasteiger partial charge is 0.468 e. The summed E-state index contributed by atoms with van der Waals surface area (Å²) in [6.07, 6.45) is 7.06. The second-order valence-electron chi connectivity index (χ2n) is 8.32. The SMILES string of the molecule is O=C(CNCC(c1ccco1)N1CCCCC1)c1cccc(S(=O)(=O)N2CCCC2)c1. The van der Waals surface area contributed by atoms with E-state index in [1.807, 2.05) is 12.1 Å². The number of piperidine rings is 1. The predicted octanol–water partition coefficient (Wildman–Crippen LogP) is 3.06. The summed E-state index contributed by atoms with van der Waals surface area (Å²) in [5.74, 6) is 0.788. The van der Waals surface area contributed by atoms with E-state index in [4.69, 9.17) is 4.42 Å². The van der Waals surface area contributed by atoms with E-state index in [0.717, 1.165) is 31.7 Å². The first-order valence-electron chi connectivity index (χ1n) is 11.2. The Balaban J connectivity index is 1.39. The lowest BCUT2D eigenvalue weighted by atomic mass is 10.1. The van der Waals surface area contributed by atoms with Crippen LogP contribution >= 0.6 is 0 Å². The average Bonchev–Trinajstić information content (AvgIpc) is 3.52. The van der Waals surface area contributed by atoms with Gasteiger partial charge in [-0.05, 0) is 63.0 Å². The molecule has 3 heterocycles. The van der Waals surface area contributed by atoms with Crippen molar-refractivity contribution in [3.05, 3.63) is 54.0 Å². The Morgan fingerprint density at radius 3 is 2.45 bits per heavy atom. The quantitative estimate of drug-likeness (QED) is 0.598. The monoisotopic (exact) mass is 445 g/mol. The molecule has 2 fully saturated rings. The molecule has 8 heteroatoms. The number of nitrogens with zero attached hydrogens (tertiary/aromatic N) is 2. The van der Waals surface area contributed by atoms with Crippen LogP contribution in [0.25, 0.3) is 0 Å². The predicted molar refractivity (Wildman–Crippen MR) is 119 cm³/mol. The maximum atomic E-state index is 12.8. The third-order valence-electron chi connectivity index (χ3n) is 6.19. The lowest BCUT2D eigenvalue weighted by molar-refractivity contribution is 0.0979. The molecule has 0 radical (unpaired) electrons. The van der Waals surface area contributed by atoms with E-state index in [1.165, 1.54) is 29.6 Å². The maximum absolute atomic E-state index is 12.8. The molecule has 0 aliphatic carbocycles. The Morgan fingerprint density at radius 1 is 1.00 bits per heavy atom. The van der Waals surface area contributed by atoms with Gasteiger partial charge in [-0.2, -0.15) is 4.31 Å². The van der Waals surface area contributed by atoms with Crippen LogP contribution in [0.15, 0.2) is 52.0 Å². The van der Waals surface area contributed by atoms with E-state index in [-0.39, 0.29) is 23.3 Å². The molecule has 0 amide bonds. The number of likely N-dealkylation sites (tertiary alicyclic amines) is 1. The van der Waals surface area contributed by atoms with Gasteiger partial charge in [0.05, 0.1) is 23.7 Å². The zero-order valence-corrected chi connectivity index (χ0v) is 18.6. The lowest BCUT2D eigenvalue weighted by Crippen LogP contribution is -2.40. The van der Waals surface area contributed by atoms with Gasteiger partial charge in [0, 0.05) is 25.2 Å². The van der Waals surface area contributed by atoms with Crippen molar-refractivity contribution in [3.63, 3.8) is 0 Å². The van der Waals surface area contributed by atoms with Gasteiger partial charge in [-0.3, -0.25) is 9.69 Å². The first kappa shape index (κ1) is 22.2. The van der Waals surface area contributed by atoms with E-state index in [9.17, 15) is 13.2 Å². The molecule has 1 aromatic carbocycles. The molecule has 1 aromatic heterocycles. The molecule has 0 bridgehead atoms. The smallest absolute Gasteiger partial charge is 0.243 e. The molecule has 1 atom stereocenters. The number of carbonyl (C=O) groups is 1. The minimum Gasteiger partial charge on any atom is -0.468 e. The van der Waals surface area contributed by atoms with Crippen LogP contribution in [0.4, 0.5) is 0 Å². The molecule has 4 rings (SSSR count). The molecule has 168 valence electrons. The van der Waals surface area contributed by atoms with Gasteiger partial charge in [0.15, 0.2) is 5.78 Å². The fraction of sp³-hybridized carbons (Fsp3) is 0.522. The van der Waals surface area contributed by atoms with Gasteiger partial charge in [0.25, 0.3) is 0 Å². The van der Waals surface area contributed by atoms with Crippen molar-refractivity contribution >= 4 is 15.8 Å². The van der Waals surface area contributed by atoms with Crippen LogP contribution in [-0.4, -0.2) is 62.7 Å². The number of Topliss-reactive ketones (excluding diaryl/α,β-unsaturated/α-hetero) is 1. The van der Waals surface area contributed by atoms with Crippen molar-refractivity contribution in [3.8, 4) is 0 Å². The molecule has 2 aromatic rings. The molecule has 7 nitrogen and oxygen atoms in total. The highest BCUT2D eigenvalue weighted by molar-refractivity contribution is 7.89. The number of hydrogen-bond donors (Lipinski definition) is 1. The van der Waals surface area contributed by atoms with Crippen LogP contribution in [0.3, 0.4) is 0 Å². The fourth-order valence-electron chi connectivity index (χ4n) is 4.45. The molecule has 31 heavy (non-hydrogen) atoms. The summed E-state index contributed by atoms with van der Waals surface area (Å²) in [6.45, 7) is 3.90. The Labute approximate surface area is 184 Å². The van der Waals surface area contributed by atoms with Crippen LogP contribution in [0.2, 0.25) is 0 Å². The second kappa shape index (κ2) is 10.1. The number of benzene rings is 1. The number of hydrogen-bond acceptors (Lipinski definition) is 6. The zero-order valence-electron chi connectivity index (χ0n) is 17.8. The number of furan rings is 1. The van der Waals surface area contributed by atoms with Crippen molar-refractivity contribution < 1.29 is 17.6 Å². The topological polar surface area (TPSA) is 82.9 Å². The van der Waals surface area contributed by atoms with E-state index < -0.39 is 10.0 Å². The Hall–Kier alpha value is -2.00. The van der Waals surface area contributed by atoms with Crippen molar-refractivity contribution in [2.45, 2.75) is 43.0 Å². The number of nitrogens with one attached hydrogen (secondary N) is 1. The van der Waals surface area contributed by atoms with E-state index in [2.05, 4.69) is 10.2 Å². The van der Waals surface area contributed by atoms with Crippen molar-refractivity contribution in [2.75, 3.05) is 39.3 Å². The van der Waals surface area contributed by atoms with Crippen LogP contribution < -0.4 is 5.32 Å². The first-order valence-corrected chi connectivity index (χ1v) is 12.6. The third-order valence-corrected chi connectivity index (χ3v) is 8.08. The molecular formula is C23H31N3O4S. The summed E-state index contributed by atoms with van der Waals surface area (Å²) in [4.78, 5) is 15.4. The van der Waals surface area contributed by atoms with E-state index >= 15 is 0 Å². The maximum Gasteiger partial charge on any atom is 0.243 e. The molecule has 0 spiro atoms. The van der Waals surface area contributed by atoms with E-state index in [1.54, 1.807) is 24.5 Å². The van der Waals surface area contributed by atoms with E-state index in [0.29, 0.717) is 25.2 Å². The molecule has 1 unspecified atom stereocenters. The van der Waals surface area contributed by atoms with Crippen molar-refractivity contribution in [2.24, 2.45) is 0 Å². The number of rotatable bonds is 9. The molecule has 2 aliphatic rings. The number of carbonyl (C=O) groups excluding carboxylic acids is 1. The average molecular weight is 446 g/mol. The van der Waals surface area contributed by atoms with Gasteiger partial charge >= 0.3 is 0 Å². The minimum absolute atomic E-state index is 0.0879. The van der Waals surface area contributed by atoms with Gasteiger partial charge in [-0.1, -0.05) is 18.6 Å². The van der Waals surface area contributed by atoms with Crippen molar-refractivity contribution in [1.29, 1.82) is 0 Å². The number of sulfonamides is 1. The summed E-state index contributed by atoms with van der Waals surface area (Å²) >= 11 is 0. The standard InChI is InChI=1S/C23H31N3O4S/c27-22(19-8-6-9-20(16-19)31(28,29)26-13-4-5-14-26)18-24-17-21(23-10-7-15-30-23)25-11-2-1-3-12-25/h6-10,15-16,21,24H,1-5,11-14,17-18H2. The van der Waals surface area contributed by atoms with Gasteiger partial charge in [-0.25, -0.2) is 8.42 Å². The Morgan fingerprint density at radius 2 is 1.74 bits per heavy atom. The Bertz CT molecular complexity index is 962. The number of ketones is 1. The molecule has 0 saturated carbocycles. The molecule has 2 aliphatic heterocycles. The van der Waals surface area contributed by atoms with Crippen LogP contribution in [-0.2, 0) is 10.0 Å². The fourth-order valence-corrected chi connectivity index (χ4v) is 6.02. The van der Waals surface area contributed by atoms with Crippen molar-refractivity contribution in [1.82, 2.24) is 14.5 Å². The van der Waals surface area contributed by atoms with Gasteiger partial charge in [0.2, 0.25) is 10.0 Å². The Kier molecular flexibility index (Phi) is 7.22. The zero-order chi connectivity index (χ0) is 21.7. The molecule has 1 N–H and O–H groups in total. The summed E-state index contributed by atoms with van der Waals surface area (Å²) in [6, 6.07) is 10.4. The highest BCUT2D eigenvalue weighted by Gasteiger charge is 2.28. The minimum atomic E-state index is -3.53.